The van der Waals surface area contributed by atoms with E-state index in [1.807, 2.05) is 81.9 Å². The van der Waals surface area contributed by atoms with E-state index < -0.39 is 11.4 Å². The molecule has 1 aliphatic carbocycles. The Labute approximate surface area is 283 Å². The first-order chi connectivity index (χ1) is 23.7. The third-order valence-electron chi connectivity index (χ3n) is 9.45. The summed E-state index contributed by atoms with van der Waals surface area (Å²) in [5.74, 6) is 1.13. The molecule has 3 heterocycles. The molecule has 7 rings (SSSR count). The Balaban J connectivity index is 1.14. The van der Waals surface area contributed by atoms with Crippen LogP contribution in [-0.4, -0.2) is 40.5 Å². The van der Waals surface area contributed by atoms with Crippen LogP contribution in [-0.2, 0) is 18.4 Å². The highest BCUT2D eigenvalue weighted by molar-refractivity contribution is 5.80. The summed E-state index contributed by atoms with van der Waals surface area (Å²) in [6, 6.07) is 23.4. The first-order valence-electron chi connectivity index (χ1n) is 16.9. The molecule has 0 amide bonds. The molecule has 49 heavy (non-hydrogen) atoms. The average molecular weight is 661 g/mol. The Kier molecular flexibility index (Phi) is 8.77. The van der Waals surface area contributed by atoms with Crippen molar-refractivity contribution in [1.29, 1.82) is 0 Å². The molecule has 1 saturated carbocycles. The lowest BCUT2D eigenvalue weighted by Crippen LogP contribution is -2.35. The van der Waals surface area contributed by atoms with Crippen LogP contribution in [0.1, 0.15) is 81.3 Å². The number of aromatic amines is 1. The van der Waals surface area contributed by atoms with Gasteiger partial charge in [0.1, 0.15) is 12.1 Å². The van der Waals surface area contributed by atoms with Crippen LogP contribution in [0.2, 0.25) is 0 Å². The lowest BCUT2D eigenvalue weighted by atomic mass is 9.92. The smallest absolute Gasteiger partial charge is 0.439 e. The van der Waals surface area contributed by atoms with E-state index in [0.717, 1.165) is 76.9 Å². The number of rotatable bonds is 10. The largest absolute Gasteiger partial charge is 0.490 e. The Morgan fingerprint density at radius 2 is 1.67 bits per heavy atom. The van der Waals surface area contributed by atoms with E-state index in [1.165, 1.54) is 6.33 Å². The molecule has 3 aromatic heterocycles. The van der Waals surface area contributed by atoms with Crippen LogP contribution in [0.3, 0.4) is 0 Å². The summed E-state index contributed by atoms with van der Waals surface area (Å²) in [5, 5.41) is 18.7. The van der Waals surface area contributed by atoms with E-state index in [2.05, 4.69) is 27.1 Å². The zero-order valence-electron chi connectivity index (χ0n) is 27.9. The van der Waals surface area contributed by atoms with Gasteiger partial charge >= 0.3 is 5.76 Å². The summed E-state index contributed by atoms with van der Waals surface area (Å²) in [6.07, 6.45) is 6.79. The molecule has 0 atom stereocenters. The number of aliphatic hydroxyl groups is 1. The maximum absolute atomic E-state index is 14.4. The Morgan fingerprint density at radius 1 is 0.959 bits per heavy atom. The minimum atomic E-state index is -0.902. The van der Waals surface area contributed by atoms with Crippen molar-refractivity contribution in [2.75, 3.05) is 0 Å². The summed E-state index contributed by atoms with van der Waals surface area (Å²) < 4.78 is 14.8. The molecule has 2 N–H and O–H groups in total. The first-order valence-corrected chi connectivity index (χ1v) is 16.9. The van der Waals surface area contributed by atoms with E-state index in [4.69, 9.17) is 9.26 Å². The van der Waals surface area contributed by atoms with Gasteiger partial charge in [-0.2, -0.15) is 10.1 Å². The lowest BCUT2D eigenvalue weighted by molar-refractivity contribution is 0.0784. The molecule has 1 fully saturated rings. The molecule has 1 aliphatic rings. The normalized spacial score (nSPS) is 16.7. The van der Waals surface area contributed by atoms with Gasteiger partial charge in [-0.3, -0.25) is 18.9 Å². The third-order valence-corrected chi connectivity index (χ3v) is 9.45. The number of aromatic nitrogens is 6. The van der Waals surface area contributed by atoms with Crippen LogP contribution in [0.15, 0.2) is 93.2 Å². The minimum absolute atomic E-state index is 0.0140. The number of hydrogen-bond donors (Lipinski definition) is 2. The highest BCUT2D eigenvalue weighted by Gasteiger charge is 2.29. The number of benzene rings is 3. The van der Waals surface area contributed by atoms with Crippen LogP contribution in [0.4, 0.5) is 0 Å². The number of H-pyrrole nitrogens is 1. The van der Waals surface area contributed by atoms with Crippen molar-refractivity contribution < 1.29 is 14.4 Å². The summed E-state index contributed by atoms with van der Waals surface area (Å²) in [5.41, 5.74) is 5.17. The van der Waals surface area contributed by atoms with Crippen LogP contribution >= 0.6 is 0 Å². The number of ether oxygens (including phenoxy) is 1. The minimum Gasteiger partial charge on any atom is -0.490 e. The molecular formula is C38H40N6O5. The molecule has 0 aliphatic heterocycles. The summed E-state index contributed by atoms with van der Waals surface area (Å²) >= 11 is 0. The molecule has 252 valence electrons. The fourth-order valence-corrected chi connectivity index (χ4v) is 6.93. The molecule has 0 radical (unpaired) electrons. The number of fused-ring (bicyclic) bond motifs is 1. The van der Waals surface area contributed by atoms with Crippen molar-refractivity contribution >= 4 is 5.78 Å². The monoisotopic (exact) mass is 660 g/mol. The molecular weight excluding hydrogens is 620 g/mol. The summed E-state index contributed by atoms with van der Waals surface area (Å²) in [6.45, 7) is 5.64. The van der Waals surface area contributed by atoms with Crippen LogP contribution in [0.25, 0.3) is 28.3 Å². The van der Waals surface area contributed by atoms with Crippen LogP contribution < -0.4 is 16.1 Å². The number of aryl methyl sites for hydroxylation is 1. The maximum atomic E-state index is 14.4. The Bertz CT molecular complexity index is 2180. The van der Waals surface area contributed by atoms with Gasteiger partial charge in [-0.15, -0.1) is 0 Å². The van der Waals surface area contributed by atoms with Gasteiger partial charge in [0.25, 0.3) is 5.56 Å². The second-order valence-electron chi connectivity index (χ2n) is 13.3. The molecule has 0 saturated heterocycles. The predicted octanol–water partition coefficient (Wildman–Crippen LogP) is 6.23. The van der Waals surface area contributed by atoms with E-state index in [0.29, 0.717) is 24.4 Å². The van der Waals surface area contributed by atoms with E-state index >= 15 is 0 Å². The molecule has 0 unspecified atom stereocenters. The fourth-order valence-electron chi connectivity index (χ4n) is 6.93. The third kappa shape index (κ3) is 6.58. The molecule has 0 spiro atoms. The number of nitrogens with zero attached hydrogens (tertiary/aromatic N) is 5. The molecule has 11 nitrogen and oxygen atoms in total. The fraction of sp³-hybridized carbons (Fsp3) is 0.342. The van der Waals surface area contributed by atoms with Crippen molar-refractivity contribution in [3.63, 3.8) is 0 Å². The van der Waals surface area contributed by atoms with Gasteiger partial charge in [0.15, 0.2) is 5.82 Å². The van der Waals surface area contributed by atoms with Gasteiger partial charge in [0.05, 0.1) is 17.4 Å². The van der Waals surface area contributed by atoms with E-state index in [9.17, 15) is 14.7 Å². The van der Waals surface area contributed by atoms with E-state index in [-0.39, 0.29) is 17.7 Å². The van der Waals surface area contributed by atoms with Gasteiger partial charge in [0.2, 0.25) is 5.78 Å². The SMILES string of the molecule is CCCc1c(Cc2ccc(-c3ccccc3-c3noc(=O)[nH]3)cc2)c(=O)n([C@H]2CC[C@@H](Oc3ccc(C(C)(C)O)cc3)CC2)c2ncnn12. The quantitative estimate of drug-likeness (QED) is 0.176. The second kappa shape index (κ2) is 13.3. The van der Waals surface area contributed by atoms with Gasteiger partial charge in [-0.1, -0.05) is 79.2 Å². The predicted molar refractivity (Wildman–Crippen MR) is 186 cm³/mol. The van der Waals surface area contributed by atoms with Crippen molar-refractivity contribution in [3.8, 4) is 28.3 Å². The standard InChI is InChI=1S/C38H40N6O5/c1-4-7-33-32(22-24-10-12-25(13-11-24)30-8-5-6-9-31(30)34-41-37(46)49-42-34)35(45)43(36-39-23-40-44(33)36)27-16-20-29(21-17-27)48-28-18-14-26(15-19-28)38(2,3)47/h5-6,8-15,18-19,23,27,29,47H,4,7,16-17,20-22H2,1-3H3,(H,41,42,46)/t27-,29+. The van der Waals surface area contributed by atoms with Gasteiger partial charge in [-0.05, 0) is 80.3 Å². The van der Waals surface area contributed by atoms with Crippen molar-refractivity contribution in [3.05, 3.63) is 122 Å². The second-order valence-corrected chi connectivity index (χ2v) is 13.3. The highest BCUT2D eigenvalue weighted by Crippen LogP contribution is 2.33. The van der Waals surface area contributed by atoms with Crippen LogP contribution in [0.5, 0.6) is 5.75 Å². The number of nitrogens with one attached hydrogen (secondary N) is 1. The zero-order valence-corrected chi connectivity index (χ0v) is 27.9. The summed E-state index contributed by atoms with van der Waals surface area (Å²) in [4.78, 5) is 33.3. The van der Waals surface area contributed by atoms with Crippen LogP contribution in [0, 0.1) is 0 Å². The highest BCUT2D eigenvalue weighted by atomic mass is 16.5. The van der Waals surface area contributed by atoms with Gasteiger partial charge < -0.3 is 9.84 Å². The van der Waals surface area contributed by atoms with Crippen molar-refractivity contribution in [1.82, 2.24) is 29.3 Å². The van der Waals surface area contributed by atoms with Gasteiger partial charge in [-0.25, -0.2) is 9.31 Å². The topological polar surface area (TPSA) is 141 Å². The molecule has 0 bridgehead atoms. The average Bonchev–Trinajstić information content (AvgIpc) is 3.77. The van der Waals surface area contributed by atoms with E-state index in [1.54, 1.807) is 13.8 Å². The van der Waals surface area contributed by atoms with Gasteiger partial charge in [0, 0.05) is 23.6 Å². The van der Waals surface area contributed by atoms with Crippen molar-refractivity contribution in [2.45, 2.75) is 83.5 Å². The lowest BCUT2D eigenvalue weighted by Gasteiger charge is -2.31. The molecule has 3 aromatic carbocycles. The van der Waals surface area contributed by atoms with Crippen molar-refractivity contribution in [2.24, 2.45) is 0 Å². The Morgan fingerprint density at radius 3 is 2.33 bits per heavy atom. The zero-order chi connectivity index (χ0) is 34.1. The first kappa shape index (κ1) is 32.3. The maximum Gasteiger partial charge on any atom is 0.439 e. The number of hydrogen-bond acceptors (Lipinski definition) is 8. The molecule has 6 aromatic rings. The molecule has 11 heteroatoms. The Hall–Kier alpha value is -5.29. The summed E-state index contributed by atoms with van der Waals surface area (Å²) in [7, 11) is 0.